The molecular weight excluding hydrogens is 340 g/mol. The average molecular weight is 364 g/mol. The fourth-order valence-electron chi connectivity index (χ4n) is 2.76. The number of nitrogens with zero attached hydrogens (tertiary/aromatic N) is 2. The minimum atomic E-state index is -0.0590. The number of nitrogens with two attached hydrogens (primary N) is 1. The largest absolute Gasteiger partial charge is 0.477 e. The van der Waals surface area contributed by atoms with E-state index >= 15 is 0 Å². The minimum Gasteiger partial charge on any atom is -0.477 e. The van der Waals surface area contributed by atoms with Crippen molar-refractivity contribution in [1.29, 1.82) is 0 Å². The Labute approximate surface area is 158 Å². The van der Waals surface area contributed by atoms with Crippen molar-refractivity contribution >= 4 is 22.8 Å². The molecule has 0 aliphatic rings. The van der Waals surface area contributed by atoms with E-state index in [1.54, 1.807) is 0 Å². The van der Waals surface area contributed by atoms with Crippen LogP contribution in [0.4, 0.5) is 5.95 Å². The monoisotopic (exact) mass is 364 g/mol. The number of amides is 1. The van der Waals surface area contributed by atoms with Crippen LogP contribution in [-0.2, 0) is 0 Å². The Balaban J connectivity index is 1.90. The van der Waals surface area contributed by atoms with Gasteiger partial charge in [-0.15, -0.1) is 0 Å². The molecule has 0 radical (unpaired) electrons. The number of aromatic nitrogens is 2. The number of fused-ring (bicyclic) bond motifs is 1. The van der Waals surface area contributed by atoms with Crippen LogP contribution in [0.2, 0.25) is 0 Å². The van der Waals surface area contributed by atoms with Gasteiger partial charge in [-0.1, -0.05) is 32.0 Å². The summed E-state index contributed by atoms with van der Waals surface area (Å²) in [5.74, 6) is 1.03. The third kappa shape index (κ3) is 4.34. The SMILES string of the molecule is CCOc1nc(N)nc2ccc(-c3ccc(C(=O)NCC(C)C)cc3)cc12. The van der Waals surface area contributed by atoms with Gasteiger partial charge in [0.2, 0.25) is 11.8 Å². The van der Waals surface area contributed by atoms with Crippen molar-refractivity contribution in [3.05, 3.63) is 48.0 Å². The summed E-state index contributed by atoms with van der Waals surface area (Å²) in [5.41, 5.74) is 9.12. The molecule has 0 aliphatic carbocycles. The topological polar surface area (TPSA) is 90.1 Å². The molecule has 27 heavy (non-hydrogen) atoms. The Hall–Kier alpha value is -3.15. The van der Waals surface area contributed by atoms with Crippen LogP contribution in [0.3, 0.4) is 0 Å². The third-order valence-electron chi connectivity index (χ3n) is 4.11. The maximum atomic E-state index is 12.2. The van der Waals surface area contributed by atoms with E-state index in [2.05, 4.69) is 29.1 Å². The van der Waals surface area contributed by atoms with Gasteiger partial charge >= 0.3 is 0 Å². The summed E-state index contributed by atoms with van der Waals surface area (Å²) in [4.78, 5) is 20.6. The van der Waals surface area contributed by atoms with Gasteiger partial charge in [0.15, 0.2) is 0 Å². The lowest BCUT2D eigenvalue weighted by atomic mass is 10.0. The summed E-state index contributed by atoms with van der Waals surface area (Å²) >= 11 is 0. The highest BCUT2D eigenvalue weighted by Crippen LogP contribution is 2.29. The summed E-state index contributed by atoms with van der Waals surface area (Å²) in [6, 6.07) is 13.4. The molecule has 0 saturated heterocycles. The second-order valence-electron chi connectivity index (χ2n) is 6.73. The maximum Gasteiger partial charge on any atom is 0.251 e. The summed E-state index contributed by atoms with van der Waals surface area (Å²) in [5, 5.41) is 3.73. The first-order valence-corrected chi connectivity index (χ1v) is 9.06. The van der Waals surface area contributed by atoms with Gasteiger partial charge in [0.25, 0.3) is 5.91 Å². The van der Waals surface area contributed by atoms with Crippen molar-refractivity contribution in [2.45, 2.75) is 20.8 Å². The van der Waals surface area contributed by atoms with Gasteiger partial charge in [0.05, 0.1) is 17.5 Å². The molecule has 140 valence electrons. The van der Waals surface area contributed by atoms with E-state index in [0.717, 1.165) is 22.0 Å². The number of hydrogen-bond acceptors (Lipinski definition) is 5. The Morgan fingerprint density at radius 3 is 2.48 bits per heavy atom. The Morgan fingerprint density at radius 2 is 1.81 bits per heavy atom. The summed E-state index contributed by atoms with van der Waals surface area (Å²) in [6.45, 7) is 7.19. The highest BCUT2D eigenvalue weighted by Gasteiger charge is 2.10. The molecule has 3 aromatic rings. The average Bonchev–Trinajstić information content (AvgIpc) is 2.66. The molecular formula is C21H24N4O2. The van der Waals surface area contributed by atoms with Gasteiger partial charge in [-0.05, 0) is 48.2 Å². The standard InChI is InChI=1S/C21H24N4O2/c1-4-27-20-17-11-16(9-10-18(17)24-21(22)25-20)14-5-7-15(8-6-14)19(26)23-12-13(2)3/h5-11,13H,4,12H2,1-3H3,(H,23,26)(H2,22,24,25). The van der Waals surface area contributed by atoms with E-state index in [1.165, 1.54) is 0 Å². The van der Waals surface area contributed by atoms with E-state index in [9.17, 15) is 4.79 Å². The number of carbonyl (C=O) groups excluding carboxylic acids is 1. The Kier molecular flexibility index (Phi) is 5.54. The number of carbonyl (C=O) groups is 1. The molecule has 3 N–H and O–H groups in total. The summed E-state index contributed by atoms with van der Waals surface area (Å²) in [6.07, 6.45) is 0. The lowest BCUT2D eigenvalue weighted by molar-refractivity contribution is 0.0949. The smallest absolute Gasteiger partial charge is 0.251 e. The molecule has 3 rings (SSSR count). The quantitative estimate of drug-likeness (QED) is 0.696. The minimum absolute atomic E-state index is 0.0590. The fraction of sp³-hybridized carbons (Fsp3) is 0.286. The predicted octanol–water partition coefficient (Wildman–Crippen LogP) is 3.66. The first kappa shape index (κ1) is 18.6. The molecule has 1 amide bonds. The molecule has 6 nitrogen and oxygen atoms in total. The molecule has 0 aliphatic heterocycles. The zero-order valence-electron chi connectivity index (χ0n) is 15.8. The lowest BCUT2D eigenvalue weighted by Crippen LogP contribution is -2.27. The number of hydrogen-bond donors (Lipinski definition) is 2. The van der Waals surface area contributed by atoms with Crippen LogP contribution in [0.15, 0.2) is 42.5 Å². The molecule has 0 fully saturated rings. The molecule has 2 aromatic carbocycles. The Bertz CT molecular complexity index is 952. The number of nitrogen functional groups attached to an aromatic ring is 1. The van der Waals surface area contributed by atoms with Gasteiger partial charge in [0.1, 0.15) is 0 Å². The first-order valence-electron chi connectivity index (χ1n) is 9.06. The van der Waals surface area contributed by atoms with Crippen molar-refractivity contribution < 1.29 is 9.53 Å². The number of anilines is 1. The second-order valence-corrected chi connectivity index (χ2v) is 6.73. The summed E-state index contributed by atoms with van der Waals surface area (Å²) in [7, 11) is 0. The molecule has 0 spiro atoms. The van der Waals surface area contributed by atoms with Crippen LogP contribution in [-0.4, -0.2) is 29.0 Å². The Morgan fingerprint density at radius 1 is 1.11 bits per heavy atom. The molecule has 6 heteroatoms. The number of ether oxygens (including phenoxy) is 1. The van der Waals surface area contributed by atoms with Gasteiger partial charge < -0.3 is 15.8 Å². The van der Waals surface area contributed by atoms with Crippen LogP contribution < -0.4 is 15.8 Å². The van der Waals surface area contributed by atoms with Crippen molar-refractivity contribution in [1.82, 2.24) is 15.3 Å². The zero-order chi connectivity index (χ0) is 19.4. The molecule has 1 heterocycles. The molecule has 0 atom stereocenters. The fourth-order valence-corrected chi connectivity index (χ4v) is 2.76. The van der Waals surface area contributed by atoms with Gasteiger partial charge in [-0.2, -0.15) is 4.98 Å². The number of rotatable bonds is 6. The van der Waals surface area contributed by atoms with Crippen LogP contribution in [0, 0.1) is 5.92 Å². The van der Waals surface area contributed by atoms with E-state index < -0.39 is 0 Å². The van der Waals surface area contributed by atoms with Gasteiger partial charge in [-0.3, -0.25) is 4.79 Å². The van der Waals surface area contributed by atoms with Gasteiger partial charge in [-0.25, -0.2) is 4.98 Å². The molecule has 0 saturated carbocycles. The van der Waals surface area contributed by atoms with Crippen molar-refractivity contribution in [2.24, 2.45) is 5.92 Å². The highest BCUT2D eigenvalue weighted by atomic mass is 16.5. The highest BCUT2D eigenvalue weighted by molar-refractivity contribution is 5.95. The van der Waals surface area contributed by atoms with Crippen LogP contribution in [0.5, 0.6) is 5.88 Å². The van der Waals surface area contributed by atoms with Crippen LogP contribution in [0.1, 0.15) is 31.1 Å². The molecule has 0 bridgehead atoms. The second kappa shape index (κ2) is 8.03. The number of benzene rings is 2. The lowest BCUT2D eigenvalue weighted by Gasteiger charge is -2.10. The van der Waals surface area contributed by atoms with Crippen molar-refractivity contribution in [3.8, 4) is 17.0 Å². The third-order valence-corrected chi connectivity index (χ3v) is 4.11. The predicted molar refractivity (Wildman–Crippen MR) is 108 cm³/mol. The van der Waals surface area contributed by atoms with E-state index in [4.69, 9.17) is 10.5 Å². The summed E-state index contributed by atoms with van der Waals surface area (Å²) < 4.78 is 5.60. The normalized spacial score (nSPS) is 11.0. The zero-order valence-corrected chi connectivity index (χ0v) is 15.8. The van der Waals surface area contributed by atoms with Crippen molar-refractivity contribution in [2.75, 3.05) is 18.9 Å². The van der Waals surface area contributed by atoms with E-state index in [1.807, 2.05) is 49.4 Å². The van der Waals surface area contributed by atoms with E-state index in [0.29, 0.717) is 30.5 Å². The molecule has 1 aromatic heterocycles. The number of nitrogens with one attached hydrogen (secondary N) is 1. The van der Waals surface area contributed by atoms with Crippen LogP contribution in [0.25, 0.3) is 22.0 Å². The maximum absolute atomic E-state index is 12.2. The van der Waals surface area contributed by atoms with Crippen molar-refractivity contribution in [3.63, 3.8) is 0 Å². The van der Waals surface area contributed by atoms with Crippen LogP contribution >= 0.6 is 0 Å². The molecule has 0 unspecified atom stereocenters. The first-order chi connectivity index (χ1) is 13.0. The van der Waals surface area contributed by atoms with Gasteiger partial charge in [0, 0.05) is 12.1 Å². The van der Waals surface area contributed by atoms with E-state index in [-0.39, 0.29) is 11.9 Å².